The van der Waals surface area contributed by atoms with Gasteiger partial charge in [0.2, 0.25) is 0 Å². The van der Waals surface area contributed by atoms with Crippen LogP contribution in [0.4, 0.5) is 0 Å². The quantitative estimate of drug-likeness (QED) is 0.492. The van der Waals surface area contributed by atoms with Crippen molar-refractivity contribution in [1.82, 2.24) is 4.98 Å². The van der Waals surface area contributed by atoms with E-state index in [1.807, 2.05) is 0 Å². The number of Topliss-reactive ketones (excluding diaryl/α,β-unsaturated/α-hetero) is 1. The zero-order valence-electron chi connectivity index (χ0n) is 10.6. The third kappa shape index (κ3) is 2.90. The first-order valence-corrected chi connectivity index (χ1v) is 6.06. The predicted molar refractivity (Wildman–Crippen MR) is 72.5 cm³/mol. The van der Waals surface area contributed by atoms with Crippen molar-refractivity contribution in [2.24, 2.45) is 0 Å². The van der Waals surface area contributed by atoms with Gasteiger partial charge in [-0.25, -0.2) is 0 Å². The first-order chi connectivity index (χ1) is 9.01. The number of esters is 1. The normalized spacial score (nSPS) is 10.5. The number of hydrogen-bond acceptors (Lipinski definition) is 4. The van der Waals surface area contributed by atoms with Crippen LogP contribution in [0.1, 0.15) is 22.5 Å². The van der Waals surface area contributed by atoms with Gasteiger partial charge < -0.3 is 4.74 Å². The molecule has 0 bridgehead atoms. The van der Waals surface area contributed by atoms with Crippen LogP contribution in [-0.4, -0.2) is 23.8 Å². The summed E-state index contributed by atoms with van der Waals surface area (Å²) in [5.41, 5.74) is 1.83. The first kappa shape index (κ1) is 13.5. The minimum absolute atomic E-state index is 0.290. The lowest BCUT2D eigenvalue weighted by Crippen LogP contribution is -2.10. The molecular weight excluding hydrogens is 266 g/mol. The van der Waals surface area contributed by atoms with Crippen LogP contribution in [0.3, 0.4) is 0 Å². The minimum Gasteiger partial charge on any atom is -0.469 e. The summed E-state index contributed by atoms with van der Waals surface area (Å²) in [6.45, 7) is 1.79. The summed E-state index contributed by atoms with van der Waals surface area (Å²) in [5.74, 6) is -0.862. The maximum atomic E-state index is 12.1. The fourth-order valence-electron chi connectivity index (χ4n) is 1.86. The van der Waals surface area contributed by atoms with E-state index in [2.05, 4.69) is 9.72 Å². The maximum absolute atomic E-state index is 12.1. The van der Waals surface area contributed by atoms with Crippen molar-refractivity contribution in [2.45, 2.75) is 13.3 Å². The Hall–Kier alpha value is -1.94. The summed E-state index contributed by atoms with van der Waals surface area (Å²) in [4.78, 5) is 27.7. The van der Waals surface area contributed by atoms with Crippen molar-refractivity contribution in [1.29, 1.82) is 0 Å². The Morgan fingerprint density at radius 2 is 2.05 bits per heavy atom. The van der Waals surface area contributed by atoms with E-state index in [4.69, 9.17) is 11.6 Å². The van der Waals surface area contributed by atoms with Crippen LogP contribution in [-0.2, 0) is 9.53 Å². The number of fused-ring (bicyclic) bond motifs is 1. The number of ketones is 1. The lowest BCUT2D eigenvalue weighted by atomic mass is 10.0. The van der Waals surface area contributed by atoms with Crippen LogP contribution in [0, 0.1) is 6.92 Å². The van der Waals surface area contributed by atoms with Crippen molar-refractivity contribution < 1.29 is 14.3 Å². The largest absolute Gasteiger partial charge is 0.469 e. The number of carbonyl (C=O) groups excluding carboxylic acids is 2. The summed E-state index contributed by atoms with van der Waals surface area (Å²) < 4.78 is 4.51. The Morgan fingerprint density at radius 3 is 2.74 bits per heavy atom. The van der Waals surface area contributed by atoms with E-state index in [-0.39, 0.29) is 12.2 Å². The predicted octanol–water partition coefficient (Wildman–Crippen LogP) is 2.94. The molecule has 0 fully saturated rings. The smallest absolute Gasteiger partial charge is 0.313 e. The molecular formula is C14H12ClNO3. The monoisotopic (exact) mass is 277 g/mol. The lowest BCUT2D eigenvalue weighted by Gasteiger charge is -2.07. The van der Waals surface area contributed by atoms with Gasteiger partial charge in [-0.2, -0.15) is 0 Å². The molecule has 4 nitrogen and oxygen atoms in total. The van der Waals surface area contributed by atoms with Gasteiger partial charge in [0.1, 0.15) is 6.42 Å². The van der Waals surface area contributed by atoms with Crippen LogP contribution in [0.5, 0.6) is 0 Å². The van der Waals surface area contributed by atoms with Crippen molar-refractivity contribution >= 4 is 34.3 Å². The fourth-order valence-corrected chi connectivity index (χ4v) is 2.03. The van der Waals surface area contributed by atoms with Gasteiger partial charge in [0.15, 0.2) is 5.78 Å². The molecule has 2 aromatic rings. The Labute approximate surface area is 115 Å². The number of halogens is 1. The van der Waals surface area contributed by atoms with Gasteiger partial charge in [-0.1, -0.05) is 11.6 Å². The standard InChI is InChI=1S/C14H12ClNO3/c1-8-5-11(13(17)7-14(18)19-2)10-6-9(15)3-4-12(10)16-8/h3-6H,7H2,1-2H3. The molecule has 0 amide bonds. The van der Waals surface area contributed by atoms with E-state index in [9.17, 15) is 9.59 Å². The zero-order valence-corrected chi connectivity index (χ0v) is 11.3. The zero-order chi connectivity index (χ0) is 14.0. The highest BCUT2D eigenvalue weighted by Gasteiger charge is 2.16. The summed E-state index contributed by atoms with van der Waals surface area (Å²) in [6.07, 6.45) is -0.290. The molecule has 0 spiro atoms. The highest BCUT2D eigenvalue weighted by atomic mass is 35.5. The number of benzene rings is 1. The molecule has 1 aromatic heterocycles. The van der Waals surface area contributed by atoms with Crippen molar-refractivity contribution in [3.05, 3.63) is 40.5 Å². The van der Waals surface area contributed by atoms with Gasteiger partial charge in [0.05, 0.1) is 12.6 Å². The third-order valence-corrected chi connectivity index (χ3v) is 2.97. The number of rotatable bonds is 3. The van der Waals surface area contributed by atoms with E-state index >= 15 is 0 Å². The summed E-state index contributed by atoms with van der Waals surface area (Å²) in [5, 5.41) is 1.16. The van der Waals surface area contributed by atoms with Crippen molar-refractivity contribution in [2.75, 3.05) is 7.11 Å². The topological polar surface area (TPSA) is 56.3 Å². The average molecular weight is 278 g/mol. The van der Waals surface area contributed by atoms with E-state index in [0.717, 1.165) is 0 Å². The number of pyridine rings is 1. The van der Waals surface area contributed by atoms with E-state index in [1.165, 1.54) is 7.11 Å². The van der Waals surface area contributed by atoms with E-state index in [1.54, 1.807) is 31.2 Å². The van der Waals surface area contributed by atoms with E-state index < -0.39 is 5.97 Å². The van der Waals surface area contributed by atoms with E-state index in [0.29, 0.717) is 27.2 Å². The molecule has 0 aliphatic rings. The van der Waals surface area contributed by atoms with Gasteiger partial charge in [-0.3, -0.25) is 14.6 Å². The number of carbonyl (C=O) groups is 2. The first-order valence-electron chi connectivity index (χ1n) is 5.68. The molecule has 98 valence electrons. The number of aromatic nitrogens is 1. The number of nitrogens with zero attached hydrogens (tertiary/aromatic N) is 1. The van der Waals surface area contributed by atoms with Gasteiger partial charge in [0.25, 0.3) is 0 Å². The molecule has 0 aliphatic heterocycles. The molecule has 0 atom stereocenters. The summed E-state index contributed by atoms with van der Waals surface area (Å²) in [7, 11) is 1.25. The second-order valence-electron chi connectivity index (χ2n) is 4.15. The molecule has 19 heavy (non-hydrogen) atoms. The number of methoxy groups -OCH3 is 1. The number of ether oxygens (including phenoxy) is 1. The molecule has 1 heterocycles. The maximum Gasteiger partial charge on any atom is 0.313 e. The number of aryl methyl sites for hydroxylation is 1. The second-order valence-corrected chi connectivity index (χ2v) is 4.59. The highest BCUT2D eigenvalue weighted by molar-refractivity contribution is 6.31. The molecule has 0 radical (unpaired) electrons. The molecule has 2 rings (SSSR count). The highest BCUT2D eigenvalue weighted by Crippen LogP contribution is 2.23. The molecule has 1 aromatic carbocycles. The molecule has 0 N–H and O–H groups in total. The van der Waals surface area contributed by atoms with Gasteiger partial charge >= 0.3 is 5.97 Å². The Balaban J connectivity index is 2.55. The van der Waals surface area contributed by atoms with Crippen LogP contribution >= 0.6 is 11.6 Å². The van der Waals surface area contributed by atoms with Crippen molar-refractivity contribution in [3.8, 4) is 0 Å². The number of hydrogen-bond donors (Lipinski definition) is 0. The SMILES string of the molecule is COC(=O)CC(=O)c1cc(C)nc2ccc(Cl)cc12. The molecule has 5 heteroatoms. The Bertz CT molecular complexity index is 667. The summed E-state index contributed by atoms with van der Waals surface area (Å²) in [6, 6.07) is 6.79. The van der Waals surface area contributed by atoms with Gasteiger partial charge in [0, 0.05) is 21.7 Å². The van der Waals surface area contributed by atoms with Crippen molar-refractivity contribution in [3.63, 3.8) is 0 Å². The van der Waals surface area contributed by atoms with Gasteiger partial charge in [-0.15, -0.1) is 0 Å². The Morgan fingerprint density at radius 1 is 1.32 bits per heavy atom. The molecule has 0 saturated heterocycles. The molecule has 0 saturated carbocycles. The Kier molecular flexibility index (Phi) is 3.81. The average Bonchev–Trinajstić information content (AvgIpc) is 2.38. The van der Waals surface area contributed by atoms with Crippen LogP contribution in [0.25, 0.3) is 10.9 Å². The van der Waals surface area contributed by atoms with Crippen LogP contribution in [0.15, 0.2) is 24.3 Å². The van der Waals surface area contributed by atoms with Crippen LogP contribution in [0.2, 0.25) is 5.02 Å². The summed E-state index contributed by atoms with van der Waals surface area (Å²) >= 11 is 5.94. The van der Waals surface area contributed by atoms with Crippen LogP contribution < -0.4 is 0 Å². The fraction of sp³-hybridized carbons (Fsp3) is 0.214. The minimum atomic E-state index is -0.561. The third-order valence-electron chi connectivity index (χ3n) is 2.73. The lowest BCUT2D eigenvalue weighted by molar-refractivity contribution is -0.139. The second kappa shape index (κ2) is 5.36. The molecule has 0 unspecified atom stereocenters. The van der Waals surface area contributed by atoms with Gasteiger partial charge in [-0.05, 0) is 31.2 Å². The molecule has 0 aliphatic carbocycles.